The van der Waals surface area contributed by atoms with Crippen molar-refractivity contribution in [1.82, 2.24) is 10.6 Å². The van der Waals surface area contributed by atoms with Gasteiger partial charge in [-0.05, 0) is 0 Å². The monoisotopic (exact) mass is 188 g/mol. The maximum Gasteiger partial charge on any atom is 0.328 e. The lowest BCUT2D eigenvalue weighted by atomic mass is 10.5. The molecule has 0 bridgehead atoms. The minimum Gasteiger partial charge on any atom is -0.478 e. The van der Waals surface area contributed by atoms with Crippen LogP contribution in [0.15, 0.2) is 12.2 Å². The van der Waals surface area contributed by atoms with Crippen LogP contribution in [0, 0.1) is 0 Å². The fraction of sp³-hybridized carbons (Fsp3) is 0.429. The van der Waals surface area contributed by atoms with Gasteiger partial charge in [-0.1, -0.05) is 0 Å². The first kappa shape index (κ1) is 11.6. The highest BCUT2D eigenvalue weighted by atomic mass is 16.4. The van der Waals surface area contributed by atoms with E-state index in [2.05, 4.69) is 10.6 Å². The van der Waals surface area contributed by atoms with Gasteiger partial charge in [-0.25, -0.2) is 9.59 Å². The smallest absolute Gasteiger partial charge is 0.328 e. The van der Waals surface area contributed by atoms with Gasteiger partial charge < -0.3 is 20.8 Å². The molecule has 1 heterocycles. The predicted octanol–water partition coefficient (Wildman–Crippen LogP) is -1.15. The summed E-state index contributed by atoms with van der Waals surface area (Å²) in [5.41, 5.74) is 0. The highest BCUT2D eigenvalue weighted by molar-refractivity contribution is 5.89. The van der Waals surface area contributed by atoms with Gasteiger partial charge in [-0.3, -0.25) is 0 Å². The molecule has 1 aliphatic rings. The van der Waals surface area contributed by atoms with Gasteiger partial charge in [0.15, 0.2) is 0 Å². The van der Waals surface area contributed by atoms with Crippen LogP contribution in [0.25, 0.3) is 0 Å². The van der Waals surface area contributed by atoms with Crippen molar-refractivity contribution in [1.29, 1.82) is 0 Å². The van der Waals surface area contributed by atoms with E-state index >= 15 is 0 Å². The molecular formula is C7H12N2O4. The Morgan fingerprint density at radius 2 is 1.38 bits per heavy atom. The van der Waals surface area contributed by atoms with E-state index in [1.165, 1.54) is 0 Å². The minimum absolute atomic E-state index is 0.558. The van der Waals surface area contributed by atoms with Crippen LogP contribution in [0.4, 0.5) is 0 Å². The summed E-state index contributed by atoms with van der Waals surface area (Å²) >= 11 is 0. The van der Waals surface area contributed by atoms with Crippen LogP contribution in [0.3, 0.4) is 0 Å². The summed E-state index contributed by atoms with van der Waals surface area (Å²) < 4.78 is 0. The molecule has 0 radical (unpaired) electrons. The van der Waals surface area contributed by atoms with Crippen molar-refractivity contribution in [2.75, 3.05) is 19.8 Å². The Balaban J connectivity index is 0.000000243. The van der Waals surface area contributed by atoms with Crippen molar-refractivity contribution >= 4 is 11.9 Å². The lowest BCUT2D eigenvalue weighted by Gasteiger charge is -1.77. The molecule has 1 rings (SSSR count). The third-order valence-electron chi connectivity index (χ3n) is 1.10. The fourth-order valence-corrected chi connectivity index (χ4v) is 0.585. The zero-order valence-electron chi connectivity index (χ0n) is 6.99. The highest BCUT2D eigenvalue weighted by Crippen LogP contribution is 1.70. The third-order valence-corrected chi connectivity index (χ3v) is 1.10. The van der Waals surface area contributed by atoms with Gasteiger partial charge in [-0.15, -0.1) is 0 Å². The number of carboxylic acid groups (broad SMARTS) is 2. The van der Waals surface area contributed by atoms with E-state index in [1.807, 2.05) is 0 Å². The third kappa shape index (κ3) is 10.6. The van der Waals surface area contributed by atoms with Crippen molar-refractivity contribution in [2.45, 2.75) is 0 Å². The largest absolute Gasteiger partial charge is 0.478 e. The van der Waals surface area contributed by atoms with Crippen molar-refractivity contribution in [3.8, 4) is 0 Å². The Hall–Kier alpha value is -1.40. The van der Waals surface area contributed by atoms with Crippen LogP contribution >= 0.6 is 0 Å². The molecule has 4 N–H and O–H groups in total. The molecule has 1 saturated heterocycles. The number of hydrogen-bond acceptors (Lipinski definition) is 4. The average Bonchev–Trinajstić information content (AvgIpc) is 2.57. The van der Waals surface area contributed by atoms with Crippen LogP contribution < -0.4 is 10.6 Å². The van der Waals surface area contributed by atoms with Crippen LogP contribution in [0.5, 0.6) is 0 Å². The fourth-order valence-electron chi connectivity index (χ4n) is 0.585. The van der Waals surface area contributed by atoms with Crippen LogP contribution in [-0.2, 0) is 9.59 Å². The number of nitrogens with one attached hydrogen (secondary N) is 2. The molecule has 0 amide bonds. The zero-order chi connectivity index (χ0) is 10.1. The number of carboxylic acids is 2. The van der Waals surface area contributed by atoms with Crippen LogP contribution in [-0.4, -0.2) is 41.9 Å². The van der Waals surface area contributed by atoms with E-state index < -0.39 is 11.9 Å². The van der Waals surface area contributed by atoms with Crippen molar-refractivity contribution < 1.29 is 19.8 Å². The summed E-state index contributed by atoms with van der Waals surface area (Å²) in [5.74, 6) is -2.51. The lowest BCUT2D eigenvalue weighted by molar-refractivity contribution is -0.134. The number of aliphatic carboxylic acids is 2. The first-order valence-electron chi connectivity index (χ1n) is 3.68. The van der Waals surface area contributed by atoms with E-state index in [0.717, 1.165) is 19.8 Å². The summed E-state index contributed by atoms with van der Waals surface area (Å²) in [7, 11) is 0. The molecule has 6 nitrogen and oxygen atoms in total. The molecule has 1 aliphatic heterocycles. The minimum atomic E-state index is -1.26. The summed E-state index contributed by atoms with van der Waals surface area (Å²) in [5, 5.41) is 21.8. The summed E-state index contributed by atoms with van der Waals surface area (Å²) in [4.78, 5) is 19.1. The normalized spacial score (nSPS) is 15.1. The van der Waals surface area contributed by atoms with E-state index in [4.69, 9.17) is 10.2 Å². The molecule has 0 aliphatic carbocycles. The van der Waals surface area contributed by atoms with Gasteiger partial charge in [0.1, 0.15) is 0 Å². The molecule has 74 valence electrons. The topological polar surface area (TPSA) is 98.7 Å². The maximum atomic E-state index is 9.55. The molecule has 0 atom stereocenters. The Morgan fingerprint density at radius 1 is 1.00 bits per heavy atom. The molecule has 6 heteroatoms. The molecule has 0 spiro atoms. The van der Waals surface area contributed by atoms with Gasteiger partial charge in [0.2, 0.25) is 0 Å². The molecular weight excluding hydrogens is 176 g/mol. The number of rotatable bonds is 2. The first-order chi connectivity index (χ1) is 6.13. The second-order valence-electron chi connectivity index (χ2n) is 2.19. The molecule has 0 saturated carbocycles. The van der Waals surface area contributed by atoms with Crippen molar-refractivity contribution in [3.05, 3.63) is 12.2 Å². The summed E-state index contributed by atoms with van der Waals surface area (Å²) in [6.07, 6.45) is 1.12. The van der Waals surface area contributed by atoms with Crippen LogP contribution in [0.1, 0.15) is 0 Å². The van der Waals surface area contributed by atoms with Crippen molar-refractivity contribution in [2.24, 2.45) is 0 Å². The average molecular weight is 188 g/mol. The molecule has 0 unspecified atom stereocenters. The second kappa shape index (κ2) is 7.26. The summed E-state index contributed by atoms with van der Waals surface area (Å²) in [6.45, 7) is 3.28. The predicted molar refractivity (Wildman–Crippen MR) is 45.3 cm³/mol. The second-order valence-corrected chi connectivity index (χ2v) is 2.19. The lowest BCUT2D eigenvalue weighted by Crippen LogP contribution is -2.11. The Bertz CT molecular complexity index is 175. The first-order valence-corrected chi connectivity index (χ1v) is 3.68. The quantitative estimate of drug-likeness (QED) is 0.408. The Kier molecular flexibility index (Phi) is 6.48. The van der Waals surface area contributed by atoms with Crippen LogP contribution in [0.2, 0.25) is 0 Å². The number of hydrogen-bond donors (Lipinski definition) is 4. The zero-order valence-corrected chi connectivity index (χ0v) is 6.99. The molecule has 0 aromatic rings. The maximum absolute atomic E-state index is 9.55. The van der Waals surface area contributed by atoms with E-state index in [0.29, 0.717) is 12.2 Å². The van der Waals surface area contributed by atoms with Gasteiger partial charge in [-0.2, -0.15) is 0 Å². The Morgan fingerprint density at radius 3 is 1.54 bits per heavy atom. The van der Waals surface area contributed by atoms with E-state index in [1.54, 1.807) is 0 Å². The molecule has 1 fully saturated rings. The highest BCUT2D eigenvalue weighted by Gasteiger charge is 1.90. The van der Waals surface area contributed by atoms with E-state index in [-0.39, 0.29) is 0 Å². The summed E-state index contributed by atoms with van der Waals surface area (Å²) in [6, 6.07) is 0. The van der Waals surface area contributed by atoms with Gasteiger partial charge in [0.05, 0.1) is 0 Å². The molecule has 0 aromatic heterocycles. The van der Waals surface area contributed by atoms with Gasteiger partial charge in [0, 0.05) is 31.9 Å². The van der Waals surface area contributed by atoms with Gasteiger partial charge in [0.25, 0.3) is 0 Å². The SMILES string of the molecule is C1CNCN1.O=C(O)/C=C/C(=O)O. The number of carbonyl (C=O) groups is 2. The molecule has 13 heavy (non-hydrogen) atoms. The van der Waals surface area contributed by atoms with Crippen molar-refractivity contribution in [3.63, 3.8) is 0 Å². The standard InChI is InChI=1S/C4H4O4.C3H8N2/c5-3(6)1-2-4(7)8;1-2-5-3-4-1/h1-2H,(H,5,6)(H,7,8);4-5H,1-3H2/b2-1+;. The Labute approximate surface area is 75.3 Å². The molecule has 0 aromatic carbocycles. The van der Waals surface area contributed by atoms with Gasteiger partial charge >= 0.3 is 11.9 Å². The van der Waals surface area contributed by atoms with E-state index in [9.17, 15) is 9.59 Å².